The van der Waals surface area contributed by atoms with E-state index in [-0.39, 0.29) is 11.5 Å². The summed E-state index contributed by atoms with van der Waals surface area (Å²) in [5.74, 6) is 0.554. The van der Waals surface area contributed by atoms with Crippen LogP contribution in [-0.4, -0.2) is 22.5 Å². The van der Waals surface area contributed by atoms with E-state index in [0.717, 1.165) is 12.0 Å². The minimum Gasteiger partial charge on any atom is -0.459 e. The largest absolute Gasteiger partial charge is 0.459 e. The number of furan rings is 2. The first-order chi connectivity index (χ1) is 14.0. The Labute approximate surface area is 170 Å². The van der Waals surface area contributed by atoms with E-state index < -0.39 is 11.8 Å². The Kier molecular flexibility index (Phi) is 5.18. The van der Waals surface area contributed by atoms with Crippen molar-refractivity contribution in [3.8, 4) is 0 Å². The number of fused-ring (bicyclic) bond motifs is 1. The first kappa shape index (κ1) is 18.9. The van der Waals surface area contributed by atoms with Crippen LogP contribution in [0.4, 0.5) is 5.82 Å². The minimum absolute atomic E-state index is 0.171. The second-order valence-corrected chi connectivity index (χ2v) is 6.94. The van der Waals surface area contributed by atoms with Crippen molar-refractivity contribution in [3.63, 3.8) is 0 Å². The average molecular weight is 413 g/mol. The third kappa shape index (κ3) is 3.93. The Hall–Kier alpha value is -3.39. The van der Waals surface area contributed by atoms with Gasteiger partial charge in [-0.2, -0.15) is 5.10 Å². The highest BCUT2D eigenvalue weighted by Crippen LogP contribution is 2.30. The fourth-order valence-electron chi connectivity index (χ4n) is 3.20. The van der Waals surface area contributed by atoms with E-state index in [0.29, 0.717) is 40.7 Å². The van der Waals surface area contributed by atoms with Crippen LogP contribution in [-0.2, 0) is 6.42 Å². The molecule has 0 atom stereocenters. The lowest BCUT2D eigenvalue weighted by atomic mass is 9.93. The molecule has 3 aromatic heterocycles. The number of hydrogen-bond donors (Lipinski definition) is 2. The van der Waals surface area contributed by atoms with Crippen LogP contribution in [0.2, 0.25) is 5.02 Å². The molecular weight excluding hydrogens is 396 g/mol. The molecule has 3 aromatic rings. The van der Waals surface area contributed by atoms with Crippen LogP contribution < -0.4 is 10.7 Å². The van der Waals surface area contributed by atoms with Crippen molar-refractivity contribution >= 4 is 34.9 Å². The van der Waals surface area contributed by atoms with Gasteiger partial charge in [-0.15, -0.1) is 0 Å². The van der Waals surface area contributed by atoms with Crippen molar-refractivity contribution in [1.82, 2.24) is 10.4 Å². The summed E-state index contributed by atoms with van der Waals surface area (Å²) in [7, 11) is 0. The molecule has 1 aliphatic carbocycles. The lowest BCUT2D eigenvalue weighted by Gasteiger charge is -2.13. The van der Waals surface area contributed by atoms with E-state index in [9.17, 15) is 9.59 Å². The summed E-state index contributed by atoms with van der Waals surface area (Å²) in [6, 6.07) is 6.42. The molecule has 9 heteroatoms. The van der Waals surface area contributed by atoms with Crippen molar-refractivity contribution in [2.45, 2.75) is 26.2 Å². The van der Waals surface area contributed by atoms with Crippen molar-refractivity contribution in [2.75, 3.05) is 5.32 Å². The molecule has 0 aromatic carbocycles. The number of nitrogens with zero attached hydrogens (tertiary/aromatic N) is 2. The summed E-state index contributed by atoms with van der Waals surface area (Å²) in [4.78, 5) is 28.8. The first-order valence-corrected chi connectivity index (χ1v) is 9.36. The minimum atomic E-state index is -0.442. The zero-order valence-corrected chi connectivity index (χ0v) is 16.2. The number of halogens is 1. The van der Waals surface area contributed by atoms with Gasteiger partial charge in [0.2, 0.25) is 0 Å². The molecule has 2 amide bonds. The van der Waals surface area contributed by atoms with Crippen LogP contribution in [0.1, 0.15) is 50.8 Å². The molecule has 0 saturated carbocycles. The molecule has 0 radical (unpaired) electrons. The Morgan fingerprint density at radius 2 is 2.07 bits per heavy atom. The SMILES string of the molecule is Cc1c(C(=O)Nc2ccc(Cl)cn2)oc2c1/C(=N/NC(=O)c1ccco1)CCC2. The molecule has 0 saturated heterocycles. The van der Waals surface area contributed by atoms with Crippen molar-refractivity contribution < 1.29 is 18.4 Å². The lowest BCUT2D eigenvalue weighted by Crippen LogP contribution is -2.21. The van der Waals surface area contributed by atoms with Gasteiger partial charge in [-0.3, -0.25) is 9.59 Å². The van der Waals surface area contributed by atoms with Gasteiger partial charge >= 0.3 is 5.91 Å². The monoisotopic (exact) mass is 412 g/mol. The standard InChI is InChI=1S/C20H17ClN4O4/c1-11-17-13(24-25-19(26)15-6-3-9-28-15)4-2-5-14(17)29-18(11)20(27)23-16-8-7-12(21)10-22-16/h3,6-10H,2,4-5H2,1H3,(H,25,26)(H,22,23,27)/b24-13+. The van der Waals surface area contributed by atoms with Crippen LogP contribution in [0, 0.1) is 6.92 Å². The zero-order chi connectivity index (χ0) is 20.4. The fraction of sp³-hybridized carbons (Fsp3) is 0.200. The average Bonchev–Trinajstić information content (AvgIpc) is 3.37. The van der Waals surface area contributed by atoms with Gasteiger partial charge < -0.3 is 14.2 Å². The number of hydrogen-bond acceptors (Lipinski definition) is 6. The highest BCUT2D eigenvalue weighted by molar-refractivity contribution is 6.30. The molecule has 2 N–H and O–H groups in total. The van der Waals surface area contributed by atoms with E-state index in [1.807, 2.05) is 0 Å². The van der Waals surface area contributed by atoms with Gasteiger partial charge in [0.15, 0.2) is 11.5 Å². The Morgan fingerprint density at radius 3 is 2.79 bits per heavy atom. The number of pyridine rings is 1. The van der Waals surface area contributed by atoms with Gasteiger partial charge in [0, 0.05) is 23.7 Å². The van der Waals surface area contributed by atoms with E-state index in [1.54, 1.807) is 31.2 Å². The van der Waals surface area contributed by atoms with Crippen molar-refractivity contribution in [1.29, 1.82) is 0 Å². The number of carbonyl (C=O) groups excluding carboxylic acids is 2. The fourth-order valence-corrected chi connectivity index (χ4v) is 3.31. The summed E-state index contributed by atoms with van der Waals surface area (Å²) in [6.07, 6.45) is 5.01. The quantitative estimate of drug-likeness (QED) is 0.630. The van der Waals surface area contributed by atoms with E-state index in [1.165, 1.54) is 12.5 Å². The molecule has 0 unspecified atom stereocenters. The molecule has 148 valence electrons. The molecule has 0 spiro atoms. The summed E-state index contributed by atoms with van der Waals surface area (Å²) < 4.78 is 10.9. The maximum absolute atomic E-state index is 12.7. The van der Waals surface area contributed by atoms with Crippen LogP contribution in [0.3, 0.4) is 0 Å². The molecule has 0 bridgehead atoms. The van der Waals surface area contributed by atoms with Gasteiger partial charge in [0.25, 0.3) is 5.91 Å². The van der Waals surface area contributed by atoms with Crippen LogP contribution >= 0.6 is 11.6 Å². The molecule has 4 rings (SSSR count). The third-order valence-electron chi connectivity index (χ3n) is 4.54. The maximum atomic E-state index is 12.7. The van der Waals surface area contributed by atoms with E-state index in [4.69, 9.17) is 20.4 Å². The molecular formula is C20H17ClN4O4. The Morgan fingerprint density at radius 1 is 1.21 bits per heavy atom. The molecule has 8 nitrogen and oxygen atoms in total. The molecule has 29 heavy (non-hydrogen) atoms. The number of rotatable bonds is 4. The Balaban J connectivity index is 1.57. The number of nitrogens with one attached hydrogen (secondary N) is 2. The molecule has 1 aliphatic rings. The highest BCUT2D eigenvalue weighted by atomic mass is 35.5. The predicted molar refractivity (Wildman–Crippen MR) is 106 cm³/mol. The highest BCUT2D eigenvalue weighted by Gasteiger charge is 2.28. The number of aryl methyl sites for hydroxylation is 1. The summed E-state index contributed by atoms with van der Waals surface area (Å²) in [5, 5.41) is 7.42. The summed E-state index contributed by atoms with van der Waals surface area (Å²) in [5.41, 5.74) is 4.58. The first-order valence-electron chi connectivity index (χ1n) is 8.99. The van der Waals surface area contributed by atoms with Crippen LogP contribution in [0.15, 0.2) is 50.7 Å². The van der Waals surface area contributed by atoms with Gasteiger partial charge in [-0.1, -0.05) is 11.6 Å². The second kappa shape index (κ2) is 7.92. The normalized spacial score (nSPS) is 14.5. The maximum Gasteiger partial charge on any atom is 0.307 e. The number of hydrazone groups is 1. The number of aromatic nitrogens is 1. The van der Waals surface area contributed by atoms with Gasteiger partial charge in [-0.25, -0.2) is 10.4 Å². The third-order valence-corrected chi connectivity index (χ3v) is 4.76. The lowest BCUT2D eigenvalue weighted by molar-refractivity contribution is 0.0926. The summed E-state index contributed by atoms with van der Waals surface area (Å²) in [6.45, 7) is 1.79. The molecule has 0 aliphatic heterocycles. The topological polar surface area (TPSA) is 110 Å². The van der Waals surface area contributed by atoms with Gasteiger partial charge in [-0.05, 0) is 44.0 Å². The molecule has 3 heterocycles. The van der Waals surface area contributed by atoms with Crippen molar-refractivity contribution in [2.24, 2.45) is 5.10 Å². The van der Waals surface area contributed by atoms with Crippen molar-refractivity contribution in [3.05, 3.63) is 70.2 Å². The molecule has 0 fully saturated rings. The summed E-state index contributed by atoms with van der Waals surface area (Å²) >= 11 is 5.82. The van der Waals surface area contributed by atoms with E-state index >= 15 is 0 Å². The van der Waals surface area contributed by atoms with Gasteiger partial charge in [0.05, 0.1) is 17.0 Å². The number of carbonyl (C=O) groups is 2. The zero-order valence-electron chi connectivity index (χ0n) is 15.5. The number of anilines is 1. The Bertz CT molecular complexity index is 1080. The van der Waals surface area contributed by atoms with Crippen LogP contribution in [0.25, 0.3) is 0 Å². The smallest absolute Gasteiger partial charge is 0.307 e. The van der Waals surface area contributed by atoms with E-state index in [2.05, 4.69) is 20.8 Å². The number of amides is 2. The van der Waals surface area contributed by atoms with Gasteiger partial charge in [0.1, 0.15) is 11.6 Å². The predicted octanol–water partition coefficient (Wildman–Crippen LogP) is 3.95. The van der Waals surface area contributed by atoms with Crippen LogP contribution in [0.5, 0.6) is 0 Å². The second-order valence-electron chi connectivity index (χ2n) is 6.50.